The van der Waals surface area contributed by atoms with Gasteiger partial charge in [0, 0.05) is 19.1 Å². The van der Waals surface area contributed by atoms with E-state index in [9.17, 15) is 0 Å². The maximum absolute atomic E-state index is 6.49. The fourth-order valence-electron chi connectivity index (χ4n) is 3.59. The number of hydrogen-bond acceptors (Lipinski definition) is 4. The molecule has 2 aromatic carbocycles. The van der Waals surface area contributed by atoms with Crippen molar-refractivity contribution < 1.29 is 18.9 Å². The lowest BCUT2D eigenvalue weighted by atomic mass is 9.94. The molecule has 0 aromatic heterocycles. The van der Waals surface area contributed by atoms with Crippen molar-refractivity contribution in [2.24, 2.45) is 0 Å². The summed E-state index contributed by atoms with van der Waals surface area (Å²) in [5.41, 5.74) is 2.26. The van der Waals surface area contributed by atoms with Crippen molar-refractivity contribution in [2.75, 3.05) is 19.8 Å². The quantitative estimate of drug-likeness (QED) is 0.372. The predicted molar refractivity (Wildman–Crippen MR) is 121 cm³/mol. The highest BCUT2D eigenvalue weighted by Gasteiger charge is 2.32. The minimum absolute atomic E-state index is 0.0183. The average molecular weight is 413 g/mol. The first-order valence-electron chi connectivity index (χ1n) is 11.5. The van der Waals surface area contributed by atoms with Crippen LogP contribution in [0.4, 0.5) is 0 Å². The molecule has 4 nitrogen and oxygen atoms in total. The van der Waals surface area contributed by atoms with Crippen LogP contribution in [0.15, 0.2) is 42.5 Å². The van der Waals surface area contributed by atoms with Gasteiger partial charge in [0.1, 0.15) is 23.4 Å². The van der Waals surface area contributed by atoms with E-state index < -0.39 is 0 Å². The average Bonchev–Trinajstić information content (AvgIpc) is 2.77. The van der Waals surface area contributed by atoms with Gasteiger partial charge in [0.15, 0.2) is 6.10 Å². The summed E-state index contributed by atoms with van der Waals surface area (Å²) >= 11 is 0. The topological polar surface area (TPSA) is 36.9 Å². The second kappa shape index (κ2) is 11.8. The normalized spacial score (nSPS) is 17.8. The molecule has 4 heteroatoms. The van der Waals surface area contributed by atoms with Gasteiger partial charge in [-0.15, -0.1) is 0 Å². The Balaban J connectivity index is 1.80. The molecule has 0 bridgehead atoms. The maximum atomic E-state index is 6.49. The van der Waals surface area contributed by atoms with Gasteiger partial charge in [-0.25, -0.2) is 0 Å². The van der Waals surface area contributed by atoms with Crippen molar-refractivity contribution >= 4 is 0 Å². The molecule has 1 unspecified atom stereocenters. The first-order valence-corrected chi connectivity index (χ1v) is 11.5. The summed E-state index contributed by atoms with van der Waals surface area (Å²) in [4.78, 5) is 0. The summed E-state index contributed by atoms with van der Waals surface area (Å²) in [6.07, 6.45) is 5.99. The Kier molecular flexibility index (Phi) is 8.88. The molecule has 1 heterocycles. The minimum atomic E-state index is -0.162. The van der Waals surface area contributed by atoms with Crippen molar-refractivity contribution in [1.29, 1.82) is 0 Å². The summed E-state index contributed by atoms with van der Waals surface area (Å²) in [5, 5.41) is 0. The first-order chi connectivity index (χ1) is 14.7. The molecule has 0 radical (unpaired) electrons. The van der Waals surface area contributed by atoms with E-state index in [4.69, 9.17) is 18.9 Å². The van der Waals surface area contributed by atoms with Crippen molar-refractivity contribution in [3.63, 3.8) is 0 Å². The lowest BCUT2D eigenvalue weighted by molar-refractivity contribution is -0.0374. The Bertz CT molecular complexity index is 773. The number of rotatable bonds is 12. The summed E-state index contributed by atoms with van der Waals surface area (Å²) < 4.78 is 24.5. The lowest BCUT2D eigenvalue weighted by Gasteiger charge is -2.34. The van der Waals surface area contributed by atoms with E-state index in [0.29, 0.717) is 0 Å². The predicted octanol–water partition coefficient (Wildman–Crippen LogP) is 6.52. The summed E-state index contributed by atoms with van der Waals surface area (Å²) in [7, 11) is 0. The molecule has 1 aliphatic rings. The van der Waals surface area contributed by atoms with E-state index in [-0.39, 0.29) is 12.2 Å². The van der Waals surface area contributed by atoms with Crippen molar-refractivity contribution in [3.05, 3.63) is 53.6 Å². The van der Waals surface area contributed by atoms with Crippen LogP contribution in [0.2, 0.25) is 0 Å². The summed E-state index contributed by atoms with van der Waals surface area (Å²) in [5.74, 6) is 2.65. The second-order valence-corrected chi connectivity index (χ2v) is 7.90. The fraction of sp³-hybridized carbons (Fsp3) is 0.538. The molecule has 164 valence electrons. The van der Waals surface area contributed by atoms with Crippen LogP contribution >= 0.6 is 0 Å². The number of fused-ring (bicyclic) bond motifs is 1. The Hall–Kier alpha value is -2.20. The molecule has 2 atom stereocenters. The molecular weight excluding hydrogens is 376 g/mol. The zero-order valence-electron chi connectivity index (χ0n) is 18.7. The van der Waals surface area contributed by atoms with Crippen LogP contribution in [0.3, 0.4) is 0 Å². The van der Waals surface area contributed by atoms with Crippen molar-refractivity contribution in [3.8, 4) is 17.2 Å². The Morgan fingerprint density at radius 3 is 2.27 bits per heavy atom. The van der Waals surface area contributed by atoms with Crippen LogP contribution in [0, 0.1) is 0 Å². The van der Waals surface area contributed by atoms with Gasteiger partial charge in [0.2, 0.25) is 0 Å². The molecule has 3 rings (SSSR count). The van der Waals surface area contributed by atoms with E-state index >= 15 is 0 Å². The molecule has 0 saturated heterocycles. The van der Waals surface area contributed by atoms with E-state index in [1.165, 1.54) is 5.56 Å². The molecule has 1 aliphatic heterocycles. The summed E-state index contributed by atoms with van der Waals surface area (Å²) in [6, 6.07) is 14.4. The van der Waals surface area contributed by atoms with Crippen LogP contribution in [-0.2, 0) is 11.2 Å². The van der Waals surface area contributed by atoms with Crippen molar-refractivity contribution in [1.82, 2.24) is 0 Å². The Morgan fingerprint density at radius 1 is 0.833 bits per heavy atom. The highest BCUT2D eigenvalue weighted by molar-refractivity contribution is 5.44. The van der Waals surface area contributed by atoms with E-state index in [0.717, 1.165) is 81.2 Å². The second-order valence-electron chi connectivity index (χ2n) is 7.90. The summed E-state index contributed by atoms with van der Waals surface area (Å²) in [6.45, 7) is 8.67. The Labute approximate surface area is 181 Å². The van der Waals surface area contributed by atoms with Gasteiger partial charge in [-0.2, -0.15) is 0 Å². The number of hydrogen-bond donors (Lipinski definition) is 0. The molecule has 0 saturated carbocycles. The molecule has 0 spiro atoms. The first kappa shape index (κ1) is 22.5. The molecule has 0 aliphatic carbocycles. The smallest absolute Gasteiger partial charge is 0.150 e. The van der Waals surface area contributed by atoms with Gasteiger partial charge >= 0.3 is 0 Å². The SMILES string of the molecule is CCCCOc1cccc(C2Oc3cc(OCCCC)ccc3C[C@H]2OCCC)c1. The Morgan fingerprint density at radius 2 is 1.57 bits per heavy atom. The van der Waals surface area contributed by atoms with Gasteiger partial charge in [0.25, 0.3) is 0 Å². The number of ether oxygens (including phenoxy) is 4. The van der Waals surface area contributed by atoms with E-state index in [1.807, 2.05) is 24.3 Å². The molecule has 2 aromatic rings. The highest BCUT2D eigenvalue weighted by atomic mass is 16.5. The molecular formula is C26H36O4. The number of benzene rings is 2. The maximum Gasteiger partial charge on any atom is 0.150 e. The molecule has 0 N–H and O–H groups in total. The number of unbranched alkanes of at least 4 members (excludes halogenated alkanes) is 2. The van der Waals surface area contributed by atoms with Crippen LogP contribution in [0.25, 0.3) is 0 Å². The van der Waals surface area contributed by atoms with Gasteiger partial charge in [-0.3, -0.25) is 0 Å². The van der Waals surface area contributed by atoms with Gasteiger partial charge in [-0.1, -0.05) is 51.8 Å². The van der Waals surface area contributed by atoms with Crippen LogP contribution in [0.5, 0.6) is 17.2 Å². The molecule has 30 heavy (non-hydrogen) atoms. The van der Waals surface area contributed by atoms with Gasteiger partial charge < -0.3 is 18.9 Å². The van der Waals surface area contributed by atoms with Gasteiger partial charge in [0.05, 0.1) is 13.2 Å². The monoisotopic (exact) mass is 412 g/mol. The lowest BCUT2D eigenvalue weighted by Crippen LogP contribution is -2.33. The third-order valence-corrected chi connectivity index (χ3v) is 5.31. The van der Waals surface area contributed by atoms with Crippen LogP contribution in [0.1, 0.15) is 70.1 Å². The standard InChI is InChI=1S/C26H36O4/c1-4-7-15-27-22-11-9-10-21(17-22)26-25(29-14-6-3)18-20-12-13-23(19-24(20)30-26)28-16-8-5-2/h9-13,17,19,25-26H,4-8,14-16,18H2,1-3H3/t25-,26?/m1/s1. The zero-order valence-corrected chi connectivity index (χ0v) is 18.7. The van der Waals surface area contributed by atoms with Gasteiger partial charge in [-0.05, 0) is 48.6 Å². The third kappa shape index (κ3) is 6.15. The van der Waals surface area contributed by atoms with Crippen molar-refractivity contribution in [2.45, 2.75) is 71.5 Å². The van der Waals surface area contributed by atoms with E-state index in [2.05, 4.69) is 39.0 Å². The highest BCUT2D eigenvalue weighted by Crippen LogP contribution is 2.39. The van der Waals surface area contributed by atoms with E-state index in [1.54, 1.807) is 0 Å². The zero-order chi connectivity index (χ0) is 21.2. The largest absolute Gasteiger partial charge is 0.494 e. The fourth-order valence-corrected chi connectivity index (χ4v) is 3.59. The van der Waals surface area contributed by atoms with Crippen LogP contribution < -0.4 is 14.2 Å². The minimum Gasteiger partial charge on any atom is -0.494 e. The third-order valence-electron chi connectivity index (χ3n) is 5.31. The molecule has 0 amide bonds. The van der Waals surface area contributed by atoms with Crippen LogP contribution in [-0.4, -0.2) is 25.9 Å². The molecule has 0 fully saturated rings.